The standard InChI is InChI=1S/C6H8F3NO2/c1-3(11)5(6(7,8)9)10-4(2)12/h5H,1-2H3,(H,10,12). The van der Waals surface area contributed by atoms with Crippen molar-refractivity contribution in [1.29, 1.82) is 0 Å². The van der Waals surface area contributed by atoms with Crippen LogP contribution in [0.4, 0.5) is 13.2 Å². The molecule has 0 radical (unpaired) electrons. The molecule has 0 aromatic rings. The van der Waals surface area contributed by atoms with Gasteiger partial charge < -0.3 is 5.32 Å². The van der Waals surface area contributed by atoms with Crippen molar-refractivity contribution in [3.8, 4) is 0 Å². The number of carbonyl (C=O) groups is 2. The van der Waals surface area contributed by atoms with Crippen LogP contribution in [0.25, 0.3) is 0 Å². The Labute approximate surface area is 66.9 Å². The summed E-state index contributed by atoms with van der Waals surface area (Å²) in [5, 5.41) is 1.51. The lowest BCUT2D eigenvalue weighted by Gasteiger charge is -2.17. The Morgan fingerprint density at radius 3 is 1.75 bits per heavy atom. The maximum Gasteiger partial charge on any atom is 0.415 e. The zero-order valence-corrected chi connectivity index (χ0v) is 6.53. The molecule has 1 amide bonds. The molecule has 0 rings (SSSR count). The van der Waals surface area contributed by atoms with Gasteiger partial charge in [0.1, 0.15) is 0 Å². The third-order valence-electron chi connectivity index (χ3n) is 1.08. The van der Waals surface area contributed by atoms with Gasteiger partial charge in [-0.3, -0.25) is 9.59 Å². The highest BCUT2D eigenvalue weighted by atomic mass is 19.4. The molecule has 0 saturated carbocycles. The van der Waals surface area contributed by atoms with E-state index in [9.17, 15) is 22.8 Å². The number of Topliss-reactive ketones (excluding diaryl/α,β-unsaturated/α-hetero) is 1. The van der Waals surface area contributed by atoms with Gasteiger partial charge >= 0.3 is 6.18 Å². The lowest BCUT2D eigenvalue weighted by atomic mass is 10.2. The smallest absolute Gasteiger partial charge is 0.339 e. The monoisotopic (exact) mass is 183 g/mol. The molecular weight excluding hydrogens is 175 g/mol. The predicted molar refractivity (Wildman–Crippen MR) is 34.3 cm³/mol. The number of halogens is 3. The first-order valence-corrected chi connectivity index (χ1v) is 3.09. The fraction of sp³-hybridized carbons (Fsp3) is 0.667. The van der Waals surface area contributed by atoms with Crippen molar-refractivity contribution in [2.24, 2.45) is 0 Å². The van der Waals surface area contributed by atoms with Crippen LogP contribution in [-0.2, 0) is 9.59 Å². The van der Waals surface area contributed by atoms with E-state index in [0.29, 0.717) is 0 Å². The molecule has 3 nitrogen and oxygen atoms in total. The van der Waals surface area contributed by atoms with Crippen LogP contribution in [0, 0.1) is 0 Å². The molecule has 70 valence electrons. The highest BCUT2D eigenvalue weighted by Crippen LogP contribution is 2.20. The van der Waals surface area contributed by atoms with E-state index in [2.05, 4.69) is 0 Å². The van der Waals surface area contributed by atoms with Crippen molar-refractivity contribution >= 4 is 11.7 Å². The first-order valence-electron chi connectivity index (χ1n) is 3.09. The Morgan fingerprint density at radius 1 is 1.25 bits per heavy atom. The van der Waals surface area contributed by atoms with Gasteiger partial charge in [-0.1, -0.05) is 0 Å². The zero-order chi connectivity index (χ0) is 9.94. The second-order valence-corrected chi connectivity index (χ2v) is 2.29. The third kappa shape index (κ3) is 3.36. The van der Waals surface area contributed by atoms with Gasteiger partial charge in [-0.15, -0.1) is 0 Å². The van der Waals surface area contributed by atoms with Crippen LogP contribution in [-0.4, -0.2) is 23.9 Å². The van der Waals surface area contributed by atoms with E-state index in [0.717, 1.165) is 13.8 Å². The van der Waals surface area contributed by atoms with E-state index in [1.165, 1.54) is 5.32 Å². The lowest BCUT2D eigenvalue weighted by molar-refractivity contribution is -0.169. The van der Waals surface area contributed by atoms with Gasteiger partial charge in [0.15, 0.2) is 11.8 Å². The molecule has 6 heteroatoms. The Bertz CT molecular complexity index is 199. The summed E-state index contributed by atoms with van der Waals surface area (Å²) in [5.41, 5.74) is 0. The lowest BCUT2D eigenvalue weighted by Crippen LogP contribution is -2.49. The minimum Gasteiger partial charge on any atom is -0.339 e. The van der Waals surface area contributed by atoms with Crippen molar-refractivity contribution < 1.29 is 22.8 Å². The quantitative estimate of drug-likeness (QED) is 0.682. The molecule has 1 N–H and O–H groups in total. The molecular formula is C6H8F3NO2. The molecule has 0 bridgehead atoms. The second-order valence-electron chi connectivity index (χ2n) is 2.29. The minimum absolute atomic E-state index is 0.772. The first kappa shape index (κ1) is 10.9. The number of rotatable bonds is 2. The average Bonchev–Trinajstić information content (AvgIpc) is 1.79. The zero-order valence-electron chi connectivity index (χ0n) is 6.53. The summed E-state index contributed by atoms with van der Waals surface area (Å²) in [4.78, 5) is 20.6. The molecule has 0 aromatic carbocycles. The largest absolute Gasteiger partial charge is 0.415 e. The van der Waals surface area contributed by atoms with E-state index in [1.807, 2.05) is 0 Å². The topological polar surface area (TPSA) is 46.2 Å². The normalized spacial score (nSPS) is 13.8. The predicted octanol–water partition coefficient (Wildman–Crippen LogP) is 0.642. The molecule has 0 aliphatic carbocycles. The summed E-state index contributed by atoms with van der Waals surface area (Å²) in [6.07, 6.45) is -4.71. The fourth-order valence-electron chi connectivity index (χ4n) is 0.617. The molecule has 0 aliphatic rings. The van der Waals surface area contributed by atoms with Gasteiger partial charge in [0.2, 0.25) is 5.91 Å². The van der Waals surface area contributed by atoms with Gasteiger partial charge in [0.25, 0.3) is 0 Å². The number of nitrogens with one attached hydrogen (secondary N) is 1. The molecule has 0 heterocycles. The maximum absolute atomic E-state index is 11.9. The van der Waals surface area contributed by atoms with Crippen LogP contribution in [0.3, 0.4) is 0 Å². The Hall–Kier alpha value is -1.07. The van der Waals surface area contributed by atoms with E-state index >= 15 is 0 Å². The Morgan fingerprint density at radius 2 is 1.67 bits per heavy atom. The van der Waals surface area contributed by atoms with E-state index < -0.39 is 23.9 Å². The van der Waals surface area contributed by atoms with Gasteiger partial charge in [0, 0.05) is 6.92 Å². The second kappa shape index (κ2) is 3.55. The first-order chi connectivity index (χ1) is 5.25. The van der Waals surface area contributed by atoms with E-state index in [-0.39, 0.29) is 0 Å². The number of ketones is 1. The van der Waals surface area contributed by atoms with Crippen LogP contribution in [0.2, 0.25) is 0 Å². The van der Waals surface area contributed by atoms with Crippen LogP contribution < -0.4 is 5.32 Å². The SMILES string of the molecule is CC(=O)NC(C(C)=O)C(F)(F)F. The van der Waals surface area contributed by atoms with Gasteiger partial charge in [-0.05, 0) is 6.92 Å². The molecule has 0 spiro atoms. The van der Waals surface area contributed by atoms with Crippen molar-refractivity contribution in [3.05, 3.63) is 0 Å². The fourth-order valence-corrected chi connectivity index (χ4v) is 0.617. The molecule has 0 aliphatic heterocycles. The third-order valence-corrected chi connectivity index (χ3v) is 1.08. The van der Waals surface area contributed by atoms with Crippen molar-refractivity contribution in [2.45, 2.75) is 26.1 Å². The summed E-state index contributed by atoms with van der Waals surface area (Å²) in [6.45, 7) is 1.69. The molecule has 12 heavy (non-hydrogen) atoms. The van der Waals surface area contributed by atoms with Crippen molar-refractivity contribution in [3.63, 3.8) is 0 Å². The van der Waals surface area contributed by atoms with E-state index in [4.69, 9.17) is 0 Å². The minimum atomic E-state index is -4.71. The summed E-state index contributed by atoms with van der Waals surface area (Å²) in [7, 11) is 0. The number of carbonyl (C=O) groups excluding carboxylic acids is 2. The van der Waals surface area contributed by atoms with E-state index in [1.54, 1.807) is 0 Å². The number of hydrogen-bond acceptors (Lipinski definition) is 2. The number of alkyl halides is 3. The van der Waals surface area contributed by atoms with Crippen LogP contribution in [0.1, 0.15) is 13.8 Å². The van der Waals surface area contributed by atoms with Gasteiger partial charge in [0.05, 0.1) is 0 Å². The summed E-state index contributed by atoms with van der Waals surface area (Å²) in [5.74, 6) is -2.01. The van der Waals surface area contributed by atoms with Crippen molar-refractivity contribution in [2.75, 3.05) is 0 Å². The number of amides is 1. The summed E-state index contributed by atoms with van der Waals surface area (Å²) >= 11 is 0. The molecule has 0 fully saturated rings. The summed E-state index contributed by atoms with van der Waals surface area (Å²) in [6, 6.07) is -2.38. The highest BCUT2D eigenvalue weighted by molar-refractivity contribution is 5.87. The maximum atomic E-state index is 11.9. The Balaban J connectivity index is 4.46. The average molecular weight is 183 g/mol. The molecule has 0 saturated heterocycles. The molecule has 1 unspecified atom stereocenters. The van der Waals surface area contributed by atoms with Crippen LogP contribution in [0.15, 0.2) is 0 Å². The Kier molecular flexibility index (Phi) is 3.24. The highest BCUT2D eigenvalue weighted by Gasteiger charge is 2.43. The molecule has 1 atom stereocenters. The van der Waals surface area contributed by atoms with Crippen LogP contribution in [0.5, 0.6) is 0 Å². The summed E-state index contributed by atoms with van der Waals surface area (Å²) < 4.78 is 35.7. The molecule has 0 aromatic heterocycles. The van der Waals surface area contributed by atoms with Gasteiger partial charge in [-0.2, -0.15) is 13.2 Å². The number of hydrogen-bond donors (Lipinski definition) is 1. The van der Waals surface area contributed by atoms with Crippen LogP contribution >= 0.6 is 0 Å². The van der Waals surface area contributed by atoms with Gasteiger partial charge in [-0.25, -0.2) is 0 Å². The van der Waals surface area contributed by atoms with Crippen molar-refractivity contribution in [1.82, 2.24) is 5.32 Å².